The zero-order chi connectivity index (χ0) is 9.07. The van der Waals surface area contributed by atoms with Crippen LogP contribution in [0.3, 0.4) is 0 Å². The van der Waals surface area contributed by atoms with Gasteiger partial charge in [0.15, 0.2) is 0 Å². The fourth-order valence-electron chi connectivity index (χ4n) is 0.495. The van der Waals surface area contributed by atoms with Gasteiger partial charge in [-0.05, 0) is 27.2 Å². The highest BCUT2D eigenvalue weighted by atomic mass is 16.6. The minimum atomic E-state index is -0.408. The Morgan fingerprint density at radius 1 is 1.45 bits per heavy atom. The summed E-state index contributed by atoms with van der Waals surface area (Å²) in [6, 6.07) is 0. The number of esters is 1. The number of ether oxygens (including phenoxy) is 1. The molecular formula is C9H16O2. The number of rotatable bonds is 2. The van der Waals surface area contributed by atoms with Gasteiger partial charge < -0.3 is 4.74 Å². The Kier molecular flexibility index (Phi) is 3.30. The summed E-state index contributed by atoms with van der Waals surface area (Å²) >= 11 is 0. The van der Waals surface area contributed by atoms with Crippen molar-refractivity contribution in [2.45, 2.75) is 39.7 Å². The molecule has 0 bridgehead atoms. The molecule has 0 saturated carbocycles. The smallest absolute Gasteiger partial charge is 0.333 e. The van der Waals surface area contributed by atoms with Crippen molar-refractivity contribution in [1.82, 2.24) is 0 Å². The first kappa shape index (κ1) is 10.2. The largest absolute Gasteiger partial charge is 0.457 e. The minimum absolute atomic E-state index is 0.292. The Bertz CT molecular complexity index is 163. The molecule has 2 heteroatoms. The van der Waals surface area contributed by atoms with Gasteiger partial charge in [0, 0.05) is 5.57 Å². The number of carbonyl (C=O) groups is 1. The summed E-state index contributed by atoms with van der Waals surface area (Å²) in [6.45, 7) is 11.0. The van der Waals surface area contributed by atoms with Gasteiger partial charge in [-0.3, -0.25) is 0 Å². The van der Waals surface area contributed by atoms with E-state index in [1.165, 1.54) is 0 Å². The molecule has 0 spiro atoms. The SMILES string of the molecule is C=C(CC)C(=O)OC(C)(C)C. The van der Waals surface area contributed by atoms with Gasteiger partial charge in [0.1, 0.15) is 5.60 Å². The van der Waals surface area contributed by atoms with Gasteiger partial charge in [-0.2, -0.15) is 0 Å². The van der Waals surface area contributed by atoms with Crippen LogP contribution < -0.4 is 0 Å². The lowest BCUT2D eigenvalue weighted by molar-refractivity contribution is -0.149. The molecule has 0 aliphatic heterocycles. The van der Waals surface area contributed by atoms with Gasteiger partial charge in [0.05, 0.1) is 0 Å². The van der Waals surface area contributed by atoms with Crippen LogP contribution in [0.4, 0.5) is 0 Å². The first-order valence-corrected chi connectivity index (χ1v) is 3.78. The normalized spacial score (nSPS) is 10.9. The molecule has 0 radical (unpaired) electrons. The number of hydrogen-bond donors (Lipinski definition) is 0. The van der Waals surface area contributed by atoms with Crippen LogP contribution in [-0.2, 0) is 9.53 Å². The monoisotopic (exact) mass is 156 g/mol. The van der Waals surface area contributed by atoms with E-state index in [0.717, 1.165) is 0 Å². The predicted molar refractivity (Wildman–Crippen MR) is 45.3 cm³/mol. The average Bonchev–Trinajstić information content (AvgIpc) is 1.82. The van der Waals surface area contributed by atoms with Crippen molar-refractivity contribution >= 4 is 5.97 Å². The van der Waals surface area contributed by atoms with E-state index in [1.54, 1.807) is 0 Å². The van der Waals surface area contributed by atoms with Crippen molar-refractivity contribution in [2.24, 2.45) is 0 Å². The van der Waals surface area contributed by atoms with Crippen molar-refractivity contribution in [1.29, 1.82) is 0 Å². The molecule has 11 heavy (non-hydrogen) atoms. The molecule has 64 valence electrons. The molecule has 0 fully saturated rings. The Morgan fingerprint density at radius 2 is 1.91 bits per heavy atom. The van der Waals surface area contributed by atoms with Gasteiger partial charge in [0.25, 0.3) is 0 Å². The molecule has 0 aliphatic carbocycles. The van der Waals surface area contributed by atoms with Gasteiger partial charge in [-0.15, -0.1) is 0 Å². The third-order valence-corrected chi connectivity index (χ3v) is 1.11. The first-order chi connectivity index (χ1) is 4.87. The molecule has 0 N–H and O–H groups in total. The Hall–Kier alpha value is -0.790. The van der Waals surface area contributed by atoms with Crippen molar-refractivity contribution < 1.29 is 9.53 Å². The lowest BCUT2D eigenvalue weighted by Crippen LogP contribution is -2.24. The Labute approximate surface area is 68.2 Å². The average molecular weight is 156 g/mol. The number of carbonyl (C=O) groups excluding carboxylic acids is 1. The summed E-state index contributed by atoms with van der Waals surface area (Å²) < 4.78 is 5.05. The molecule has 0 rings (SSSR count). The van der Waals surface area contributed by atoms with Crippen molar-refractivity contribution in [3.8, 4) is 0 Å². The van der Waals surface area contributed by atoms with Crippen molar-refractivity contribution in [3.63, 3.8) is 0 Å². The zero-order valence-electron chi connectivity index (χ0n) is 7.73. The van der Waals surface area contributed by atoms with Crippen LogP contribution in [0, 0.1) is 0 Å². The maximum Gasteiger partial charge on any atom is 0.333 e. The van der Waals surface area contributed by atoms with Crippen LogP contribution in [0.15, 0.2) is 12.2 Å². The van der Waals surface area contributed by atoms with Crippen molar-refractivity contribution in [2.75, 3.05) is 0 Å². The van der Waals surface area contributed by atoms with E-state index in [2.05, 4.69) is 6.58 Å². The predicted octanol–water partition coefficient (Wildman–Crippen LogP) is 2.29. The first-order valence-electron chi connectivity index (χ1n) is 3.78. The van der Waals surface area contributed by atoms with E-state index in [1.807, 2.05) is 27.7 Å². The van der Waals surface area contributed by atoms with E-state index in [4.69, 9.17) is 4.74 Å². The van der Waals surface area contributed by atoms with E-state index in [0.29, 0.717) is 12.0 Å². The second-order valence-electron chi connectivity index (χ2n) is 3.46. The number of hydrogen-bond acceptors (Lipinski definition) is 2. The highest BCUT2D eigenvalue weighted by molar-refractivity contribution is 5.87. The van der Waals surface area contributed by atoms with Crippen LogP contribution in [0.1, 0.15) is 34.1 Å². The molecule has 0 unspecified atom stereocenters. The highest BCUT2D eigenvalue weighted by Crippen LogP contribution is 2.11. The molecule has 0 saturated heterocycles. The quantitative estimate of drug-likeness (QED) is 0.453. The summed E-state index contributed by atoms with van der Waals surface area (Å²) in [5.74, 6) is -0.292. The van der Waals surface area contributed by atoms with E-state index < -0.39 is 5.60 Å². The van der Waals surface area contributed by atoms with Crippen LogP contribution >= 0.6 is 0 Å². The lowest BCUT2D eigenvalue weighted by atomic mass is 10.2. The fourth-order valence-corrected chi connectivity index (χ4v) is 0.495. The second-order valence-corrected chi connectivity index (χ2v) is 3.46. The summed E-state index contributed by atoms with van der Waals surface area (Å²) in [4.78, 5) is 11.1. The minimum Gasteiger partial charge on any atom is -0.457 e. The molecule has 0 atom stereocenters. The van der Waals surface area contributed by atoms with E-state index in [9.17, 15) is 4.79 Å². The zero-order valence-corrected chi connectivity index (χ0v) is 7.73. The lowest BCUT2D eigenvalue weighted by Gasteiger charge is -2.19. The third kappa shape index (κ3) is 4.59. The second kappa shape index (κ2) is 3.56. The molecule has 0 aliphatic rings. The molecule has 0 amide bonds. The summed E-state index contributed by atoms with van der Waals surface area (Å²) in [6.07, 6.45) is 0.648. The van der Waals surface area contributed by atoms with Crippen LogP contribution in [0.5, 0.6) is 0 Å². The van der Waals surface area contributed by atoms with Gasteiger partial charge in [0.2, 0.25) is 0 Å². The van der Waals surface area contributed by atoms with E-state index >= 15 is 0 Å². The van der Waals surface area contributed by atoms with Gasteiger partial charge in [-0.25, -0.2) is 4.79 Å². The Balaban J connectivity index is 3.99. The van der Waals surface area contributed by atoms with Crippen molar-refractivity contribution in [3.05, 3.63) is 12.2 Å². The van der Waals surface area contributed by atoms with Crippen LogP contribution in [-0.4, -0.2) is 11.6 Å². The molecule has 0 heterocycles. The van der Waals surface area contributed by atoms with Gasteiger partial charge >= 0.3 is 5.97 Å². The highest BCUT2D eigenvalue weighted by Gasteiger charge is 2.17. The Morgan fingerprint density at radius 3 is 2.18 bits per heavy atom. The standard InChI is InChI=1S/C9H16O2/c1-6-7(2)8(10)11-9(3,4)5/h2,6H2,1,3-5H3. The maximum absolute atomic E-state index is 11.1. The van der Waals surface area contributed by atoms with Gasteiger partial charge in [-0.1, -0.05) is 13.5 Å². The van der Waals surface area contributed by atoms with Crippen LogP contribution in [0.2, 0.25) is 0 Å². The molecule has 0 aromatic carbocycles. The fraction of sp³-hybridized carbons (Fsp3) is 0.667. The summed E-state index contributed by atoms with van der Waals surface area (Å²) in [5.41, 5.74) is 0.120. The maximum atomic E-state index is 11.1. The molecule has 2 nitrogen and oxygen atoms in total. The topological polar surface area (TPSA) is 26.3 Å². The summed E-state index contributed by atoms with van der Waals surface area (Å²) in [7, 11) is 0. The molecule has 0 aromatic heterocycles. The summed E-state index contributed by atoms with van der Waals surface area (Å²) in [5, 5.41) is 0. The van der Waals surface area contributed by atoms with Crippen LogP contribution in [0.25, 0.3) is 0 Å². The van der Waals surface area contributed by atoms with E-state index in [-0.39, 0.29) is 5.97 Å². The third-order valence-electron chi connectivity index (χ3n) is 1.11. The molecular weight excluding hydrogens is 140 g/mol. The molecule has 0 aromatic rings.